The monoisotopic (exact) mass is 465 g/mol. The molecule has 0 spiro atoms. The summed E-state index contributed by atoms with van der Waals surface area (Å²) >= 11 is 0. The van der Waals surface area contributed by atoms with Crippen molar-refractivity contribution >= 4 is 17.6 Å². The summed E-state index contributed by atoms with van der Waals surface area (Å²) in [5, 5.41) is 0. The van der Waals surface area contributed by atoms with Gasteiger partial charge in [-0.25, -0.2) is 0 Å². The van der Waals surface area contributed by atoms with Crippen LogP contribution in [0.1, 0.15) is 61.3 Å². The van der Waals surface area contributed by atoms with E-state index in [1.54, 1.807) is 0 Å². The lowest BCUT2D eigenvalue weighted by atomic mass is 10.3. The van der Waals surface area contributed by atoms with Crippen molar-refractivity contribution in [3.8, 4) is 0 Å². The molecule has 0 aliphatic heterocycles. The van der Waals surface area contributed by atoms with Gasteiger partial charge in [-0.15, -0.1) is 0 Å². The first kappa shape index (κ1) is 29.7. The van der Waals surface area contributed by atoms with Gasteiger partial charge >= 0.3 is 17.6 Å². The Balaban J connectivity index is 4.84. The third-order valence-corrected chi connectivity index (χ3v) is 10.9. The Morgan fingerprint density at radius 2 is 0.867 bits per heavy atom. The SMILES string of the molecule is C=C(C)N(CCC[Si](OCC)(OCC)OCC)CCC[Si](OCC)(OCC)OCC. The Bertz CT molecular complexity index is 376. The highest BCUT2D eigenvalue weighted by Crippen LogP contribution is 2.21. The van der Waals surface area contributed by atoms with Gasteiger partial charge in [-0.05, 0) is 61.3 Å². The molecule has 0 fully saturated rings. The van der Waals surface area contributed by atoms with Gasteiger partial charge < -0.3 is 31.5 Å². The van der Waals surface area contributed by atoms with Crippen LogP contribution in [0.4, 0.5) is 0 Å². The van der Waals surface area contributed by atoms with E-state index in [1.165, 1.54) is 0 Å². The molecular formula is C21H47NO6Si2. The topological polar surface area (TPSA) is 58.6 Å². The highest BCUT2D eigenvalue weighted by Gasteiger charge is 2.41. The molecule has 0 aromatic carbocycles. The van der Waals surface area contributed by atoms with Crippen LogP contribution in [0.3, 0.4) is 0 Å². The zero-order valence-corrected chi connectivity index (χ0v) is 22.6. The second-order valence-electron chi connectivity index (χ2n) is 6.89. The number of nitrogens with zero attached hydrogens (tertiary/aromatic N) is 1. The van der Waals surface area contributed by atoms with Gasteiger partial charge in [-0.1, -0.05) is 6.58 Å². The molecule has 0 aromatic rings. The normalized spacial score (nSPS) is 12.4. The van der Waals surface area contributed by atoms with E-state index in [1.807, 2.05) is 41.5 Å². The van der Waals surface area contributed by atoms with E-state index in [4.69, 9.17) is 26.6 Å². The predicted molar refractivity (Wildman–Crippen MR) is 126 cm³/mol. The van der Waals surface area contributed by atoms with Crippen molar-refractivity contribution in [3.05, 3.63) is 12.3 Å². The zero-order valence-electron chi connectivity index (χ0n) is 20.6. The minimum atomic E-state index is -2.60. The summed E-state index contributed by atoms with van der Waals surface area (Å²) in [5.41, 5.74) is 1.06. The average Bonchev–Trinajstić information content (AvgIpc) is 2.68. The first-order chi connectivity index (χ1) is 14.4. The van der Waals surface area contributed by atoms with Crippen molar-refractivity contribution in [1.29, 1.82) is 0 Å². The van der Waals surface area contributed by atoms with Crippen molar-refractivity contribution in [2.45, 2.75) is 73.4 Å². The quantitative estimate of drug-likeness (QED) is 0.228. The minimum absolute atomic E-state index is 0.607. The molecule has 30 heavy (non-hydrogen) atoms. The van der Waals surface area contributed by atoms with Crippen LogP contribution >= 0.6 is 0 Å². The molecule has 7 nitrogen and oxygen atoms in total. The summed E-state index contributed by atoms with van der Waals surface area (Å²) in [6, 6.07) is 1.61. The number of hydrogen-bond acceptors (Lipinski definition) is 7. The molecular weight excluding hydrogens is 418 g/mol. The van der Waals surface area contributed by atoms with Crippen molar-refractivity contribution in [3.63, 3.8) is 0 Å². The number of allylic oxidation sites excluding steroid dienone is 1. The fourth-order valence-corrected chi connectivity index (χ4v) is 8.66. The molecule has 0 N–H and O–H groups in total. The van der Waals surface area contributed by atoms with Gasteiger partial charge in [0, 0.05) is 70.5 Å². The van der Waals surface area contributed by atoms with Gasteiger partial charge in [0.2, 0.25) is 0 Å². The minimum Gasteiger partial charge on any atom is -0.376 e. The smallest absolute Gasteiger partial charge is 0.376 e. The molecule has 9 heteroatoms. The average molecular weight is 466 g/mol. The van der Waals surface area contributed by atoms with E-state index in [-0.39, 0.29) is 0 Å². The molecule has 0 aliphatic rings. The van der Waals surface area contributed by atoms with Gasteiger partial charge in [0.15, 0.2) is 0 Å². The molecule has 0 rings (SSSR count). The van der Waals surface area contributed by atoms with Crippen molar-refractivity contribution in [1.82, 2.24) is 4.90 Å². The summed E-state index contributed by atoms with van der Waals surface area (Å²) < 4.78 is 35.8. The van der Waals surface area contributed by atoms with E-state index >= 15 is 0 Å². The van der Waals surface area contributed by atoms with Gasteiger partial charge in [0.25, 0.3) is 0 Å². The molecule has 0 aliphatic carbocycles. The van der Waals surface area contributed by atoms with Crippen molar-refractivity contribution in [2.24, 2.45) is 0 Å². The summed E-state index contributed by atoms with van der Waals surface area (Å²) in [5.74, 6) is 0. The van der Waals surface area contributed by atoms with E-state index in [9.17, 15) is 0 Å². The number of hydrogen-bond donors (Lipinski definition) is 0. The van der Waals surface area contributed by atoms with Gasteiger partial charge in [0.1, 0.15) is 0 Å². The summed E-state index contributed by atoms with van der Waals surface area (Å²) in [6.45, 7) is 23.6. The maximum absolute atomic E-state index is 5.97. The molecule has 0 unspecified atom stereocenters. The molecule has 0 radical (unpaired) electrons. The summed E-state index contributed by atoms with van der Waals surface area (Å²) in [4.78, 5) is 2.31. The molecule has 0 bridgehead atoms. The van der Waals surface area contributed by atoms with E-state index in [0.29, 0.717) is 39.6 Å². The maximum atomic E-state index is 5.97. The van der Waals surface area contributed by atoms with Crippen LogP contribution in [0.2, 0.25) is 12.1 Å². The summed E-state index contributed by atoms with van der Waals surface area (Å²) in [6.07, 6.45) is 1.87. The second-order valence-corrected chi connectivity index (χ2v) is 12.4. The molecule has 0 aromatic heterocycles. The number of rotatable bonds is 21. The van der Waals surface area contributed by atoms with Crippen molar-refractivity contribution in [2.75, 3.05) is 52.7 Å². The van der Waals surface area contributed by atoms with Crippen LogP contribution in [0.15, 0.2) is 12.3 Å². The Labute approximate surface area is 187 Å². The van der Waals surface area contributed by atoms with Gasteiger partial charge in [0.05, 0.1) is 0 Å². The first-order valence-corrected chi connectivity index (χ1v) is 15.5. The van der Waals surface area contributed by atoms with Gasteiger partial charge in [-0.3, -0.25) is 0 Å². The Morgan fingerprint density at radius 1 is 0.600 bits per heavy atom. The van der Waals surface area contributed by atoms with Crippen LogP contribution in [-0.4, -0.2) is 75.2 Å². The largest absolute Gasteiger partial charge is 0.500 e. The lowest BCUT2D eigenvalue weighted by Gasteiger charge is -2.31. The maximum Gasteiger partial charge on any atom is 0.500 e. The van der Waals surface area contributed by atoms with Crippen LogP contribution in [0.5, 0.6) is 0 Å². The Hall–Kier alpha value is -0.266. The Morgan fingerprint density at radius 3 is 1.07 bits per heavy atom. The van der Waals surface area contributed by atoms with E-state index in [2.05, 4.69) is 18.4 Å². The lowest BCUT2D eigenvalue weighted by molar-refractivity contribution is 0.0698. The predicted octanol–water partition coefficient (Wildman–Crippen LogP) is 4.70. The third kappa shape index (κ3) is 11.4. The second kappa shape index (κ2) is 17.3. The fraction of sp³-hybridized carbons (Fsp3) is 0.905. The first-order valence-electron chi connectivity index (χ1n) is 11.6. The van der Waals surface area contributed by atoms with Crippen LogP contribution in [0.25, 0.3) is 0 Å². The fourth-order valence-electron chi connectivity index (χ4n) is 3.47. The highest BCUT2D eigenvalue weighted by atomic mass is 28.4. The molecule has 0 heterocycles. The standard InChI is InChI=1S/C21H47NO6Si2/c1-9-23-29(24-10-2,25-11-3)19-15-17-22(21(7)8)18-16-20-30(26-12-4,27-13-5)28-14-6/h7,9-20H2,1-6,8H3. The molecule has 180 valence electrons. The highest BCUT2D eigenvalue weighted by molar-refractivity contribution is 6.61. The van der Waals surface area contributed by atoms with Gasteiger partial charge in [-0.2, -0.15) is 0 Å². The van der Waals surface area contributed by atoms with E-state index < -0.39 is 17.6 Å². The van der Waals surface area contributed by atoms with E-state index in [0.717, 1.165) is 43.7 Å². The van der Waals surface area contributed by atoms with Crippen LogP contribution < -0.4 is 0 Å². The third-order valence-electron chi connectivity index (χ3n) is 4.55. The van der Waals surface area contributed by atoms with Crippen LogP contribution in [0, 0.1) is 0 Å². The summed E-state index contributed by atoms with van der Waals surface area (Å²) in [7, 11) is -5.20. The molecule has 0 atom stereocenters. The van der Waals surface area contributed by atoms with Crippen molar-refractivity contribution < 1.29 is 26.6 Å². The molecule has 0 saturated carbocycles. The Kier molecular flexibility index (Phi) is 17.2. The lowest BCUT2D eigenvalue weighted by Crippen LogP contribution is -2.47. The molecule has 0 amide bonds. The zero-order chi connectivity index (χ0) is 22.9. The van der Waals surface area contributed by atoms with Crippen LogP contribution in [-0.2, 0) is 26.6 Å². The molecule has 0 saturated heterocycles.